The van der Waals surface area contributed by atoms with E-state index < -0.39 is 11.7 Å². The van der Waals surface area contributed by atoms with E-state index >= 15 is 0 Å². The predicted molar refractivity (Wildman–Crippen MR) is 73.5 cm³/mol. The van der Waals surface area contributed by atoms with Gasteiger partial charge in [-0.15, -0.1) is 0 Å². The average Bonchev–Trinajstić information content (AvgIpc) is 2.37. The van der Waals surface area contributed by atoms with Gasteiger partial charge >= 0.3 is 6.18 Å². The van der Waals surface area contributed by atoms with Gasteiger partial charge in [0.15, 0.2) is 0 Å². The lowest BCUT2D eigenvalue weighted by molar-refractivity contribution is -0.137. The maximum absolute atomic E-state index is 12.4. The van der Waals surface area contributed by atoms with E-state index in [4.69, 9.17) is 0 Å². The maximum Gasteiger partial charge on any atom is 0.416 e. The number of aromatic nitrogens is 2. The highest BCUT2D eigenvalue weighted by atomic mass is 127. The number of nitrogens with one attached hydrogen (secondary N) is 1. The molecule has 7 heteroatoms. The number of nitrogens with zero attached hydrogens (tertiary/aromatic N) is 2. The molecule has 1 aromatic carbocycles. The Hall–Kier alpha value is -1.38. The molecule has 0 saturated carbocycles. The van der Waals surface area contributed by atoms with Gasteiger partial charge in [-0.05, 0) is 40.3 Å². The van der Waals surface area contributed by atoms with Crippen LogP contribution >= 0.6 is 22.6 Å². The summed E-state index contributed by atoms with van der Waals surface area (Å²) in [7, 11) is 0. The summed E-state index contributed by atoms with van der Waals surface area (Å²) in [5.74, 6) is 0.662. The standard InChI is InChI=1S/C12H9F3IN3/c13-12(14,15)9-3-1-8(2-4-9)5-18-11-10(16)6-17-7-19-11/h1-4,6-7H,5H2,(H,17,18,19). The van der Waals surface area contributed by atoms with Gasteiger partial charge in [0, 0.05) is 12.7 Å². The van der Waals surface area contributed by atoms with Gasteiger partial charge in [0.2, 0.25) is 0 Å². The Morgan fingerprint density at radius 2 is 1.84 bits per heavy atom. The predicted octanol–water partition coefficient (Wildman–Crippen LogP) is 3.71. The number of benzene rings is 1. The summed E-state index contributed by atoms with van der Waals surface area (Å²) in [6.45, 7) is 0.408. The first-order valence-electron chi connectivity index (χ1n) is 5.32. The van der Waals surface area contributed by atoms with E-state index in [0.29, 0.717) is 12.4 Å². The van der Waals surface area contributed by atoms with Crippen LogP contribution in [0.3, 0.4) is 0 Å². The van der Waals surface area contributed by atoms with Gasteiger partial charge in [0.1, 0.15) is 12.1 Å². The largest absolute Gasteiger partial charge is 0.416 e. The van der Waals surface area contributed by atoms with Crippen molar-refractivity contribution in [1.82, 2.24) is 9.97 Å². The van der Waals surface area contributed by atoms with E-state index in [1.54, 1.807) is 6.20 Å². The SMILES string of the molecule is FC(F)(F)c1ccc(CNc2ncncc2I)cc1. The number of anilines is 1. The molecule has 0 spiro atoms. The molecule has 0 radical (unpaired) electrons. The lowest BCUT2D eigenvalue weighted by atomic mass is 10.1. The third kappa shape index (κ3) is 3.79. The molecule has 0 amide bonds. The van der Waals surface area contributed by atoms with Crippen molar-refractivity contribution in [1.29, 1.82) is 0 Å². The van der Waals surface area contributed by atoms with Gasteiger partial charge in [-0.1, -0.05) is 12.1 Å². The first-order chi connectivity index (χ1) is 8.97. The molecule has 0 bridgehead atoms. The summed E-state index contributed by atoms with van der Waals surface area (Å²) in [5, 5.41) is 3.05. The lowest BCUT2D eigenvalue weighted by Gasteiger charge is -2.09. The van der Waals surface area contributed by atoms with E-state index in [1.165, 1.54) is 18.5 Å². The van der Waals surface area contributed by atoms with Crippen molar-refractivity contribution in [3.63, 3.8) is 0 Å². The topological polar surface area (TPSA) is 37.8 Å². The minimum absolute atomic E-state index is 0.408. The van der Waals surface area contributed by atoms with E-state index in [2.05, 4.69) is 37.9 Å². The van der Waals surface area contributed by atoms with Gasteiger partial charge in [0.05, 0.1) is 9.13 Å². The van der Waals surface area contributed by atoms with Crippen molar-refractivity contribution in [3.8, 4) is 0 Å². The van der Waals surface area contributed by atoms with Crippen LogP contribution in [0.25, 0.3) is 0 Å². The van der Waals surface area contributed by atoms with Gasteiger partial charge in [-0.2, -0.15) is 13.2 Å². The van der Waals surface area contributed by atoms with Crippen LogP contribution in [0.2, 0.25) is 0 Å². The fourth-order valence-electron chi connectivity index (χ4n) is 1.44. The second-order valence-corrected chi connectivity index (χ2v) is 4.93. The van der Waals surface area contributed by atoms with Crippen LogP contribution in [-0.4, -0.2) is 9.97 Å². The molecule has 0 aliphatic carbocycles. The normalized spacial score (nSPS) is 11.4. The highest BCUT2D eigenvalue weighted by molar-refractivity contribution is 14.1. The van der Waals surface area contributed by atoms with Crippen molar-refractivity contribution in [2.24, 2.45) is 0 Å². The zero-order valence-corrected chi connectivity index (χ0v) is 11.7. The highest BCUT2D eigenvalue weighted by Gasteiger charge is 2.29. The quantitative estimate of drug-likeness (QED) is 0.827. The molecule has 0 atom stereocenters. The zero-order valence-electron chi connectivity index (χ0n) is 9.58. The molecule has 19 heavy (non-hydrogen) atoms. The summed E-state index contributed by atoms with van der Waals surface area (Å²) in [4.78, 5) is 7.90. The van der Waals surface area contributed by atoms with Crippen LogP contribution in [0, 0.1) is 3.57 Å². The summed E-state index contributed by atoms with van der Waals surface area (Å²) in [6.07, 6.45) is -1.23. The minimum Gasteiger partial charge on any atom is -0.365 e. The summed E-state index contributed by atoms with van der Waals surface area (Å²) in [5.41, 5.74) is 0.107. The van der Waals surface area contributed by atoms with Crippen LogP contribution in [0.15, 0.2) is 36.8 Å². The molecule has 0 saturated heterocycles. The van der Waals surface area contributed by atoms with E-state index in [0.717, 1.165) is 21.3 Å². The van der Waals surface area contributed by atoms with E-state index in [-0.39, 0.29) is 0 Å². The molecular formula is C12H9F3IN3. The fraction of sp³-hybridized carbons (Fsp3) is 0.167. The van der Waals surface area contributed by atoms with Crippen LogP contribution in [0.4, 0.5) is 19.0 Å². The first kappa shape index (κ1) is 14.0. The van der Waals surface area contributed by atoms with Gasteiger partial charge < -0.3 is 5.32 Å². The third-order valence-corrected chi connectivity index (χ3v) is 3.20. The third-order valence-electron chi connectivity index (χ3n) is 2.41. The molecule has 0 aliphatic rings. The maximum atomic E-state index is 12.4. The van der Waals surface area contributed by atoms with Crippen molar-refractivity contribution in [3.05, 3.63) is 51.5 Å². The average molecular weight is 379 g/mol. The zero-order chi connectivity index (χ0) is 13.9. The number of hydrogen-bond donors (Lipinski definition) is 1. The second-order valence-electron chi connectivity index (χ2n) is 3.77. The van der Waals surface area contributed by atoms with Gasteiger partial charge in [0.25, 0.3) is 0 Å². The van der Waals surface area contributed by atoms with E-state index in [1.807, 2.05) is 0 Å². The number of alkyl halides is 3. The molecular weight excluding hydrogens is 370 g/mol. The molecule has 2 aromatic rings. The van der Waals surface area contributed by atoms with Crippen molar-refractivity contribution >= 4 is 28.4 Å². The Kier molecular flexibility index (Phi) is 4.23. The molecule has 1 aromatic heterocycles. The van der Waals surface area contributed by atoms with Gasteiger partial charge in [-0.25, -0.2) is 9.97 Å². The Morgan fingerprint density at radius 1 is 1.16 bits per heavy atom. The fourth-order valence-corrected chi connectivity index (χ4v) is 1.93. The monoisotopic (exact) mass is 379 g/mol. The molecule has 100 valence electrons. The van der Waals surface area contributed by atoms with Crippen molar-refractivity contribution in [2.75, 3.05) is 5.32 Å². The molecule has 1 N–H and O–H groups in total. The molecule has 3 nitrogen and oxygen atoms in total. The smallest absolute Gasteiger partial charge is 0.365 e. The van der Waals surface area contributed by atoms with Gasteiger partial charge in [-0.3, -0.25) is 0 Å². The first-order valence-corrected chi connectivity index (χ1v) is 6.40. The lowest BCUT2D eigenvalue weighted by Crippen LogP contribution is -2.06. The van der Waals surface area contributed by atoms with Crippen molar-refractivity contribution in [2.45, 2.75) is 12.7 Å². The summed E-state index contributed by atoms with van der Waals surface area (Å²) < 4.78 is 38.0. The Morgan fingerprint density at radius 3 is 2.42 bits per heavy atom. The molecule has 0 aliphatic heterocycles. The number of rotatable bonds is 3. The number of hydrogen-bond acceptors (Lipinski definition) is 3. The van der Waals surface area contributed by atoms with E-state index in [9.17, 15) is 13.2 Å². The Bertz CT molecular complexity index is 555. The van der Waals surface area contributed by atoms with Crippen LogP contribution in [-0.2, 0) is 12.7 Å². The van der Waals surface area contributed by atoms with Crippen LogP contribution in [0.5, 0.6) is 0 Å². The van der Waals surface area contributed by atoms with Crippen LogP contribution in [0.1, 0.15) is 11.1 Å². The minimum atomic E-state index is -4.30. The summed E-state index contributed by atoms with van der Waals surface area (Å²) in [6, 6.07) is 5.04. The summed E-state index contributed by atoms with van der Waals surface area (Å²) >= 11 is 2.08. The molecule has 2 rings (SSSR count). The molecule has 0 fully saturated rings. The second kappa shape index (κ2) is 5.72. The molecule has 1 heterocycles. The Labute approximate surface area is 121 Å². The Balaban J connectivity index is 2.03. The molecule has 0 unspecified atom stereocenters. The van der Waals surface area contributed by atoms with Crippen LogP contribution < -0.4 is 5.32 Å². The highest BCUT2D eigenvalue weighted by Crippen LogP contribution is 2.29. The number of halogens is 4. The van der Waals surface area contributed by atoms with Crippen molar-refractivity contribution < 1.29 is 13.2 Å².